The fraction of sp³-hybridized carbons (Fsp3) is 0.121. The van der Waals surface area contributed by atoms with Crippen LogP contribution < -0.4 is 14.9 Å². The Hall–Kier alpha value is -5.38. The van der Waals surface area contributed by atoms with Crippen LogP contribution in [0, 0.1) is 6.92 Å². The third kappa shape index (κ3) is 6.43. The largest absolute Gasteiger partial charge is 0.490 e. The van der Waals surface area contributed by atoms with Crippen LogP contribution in [0.4, 0.5) is 13.2 Å². The van der Waals surface area contributed by atoms with Gasteiger partial charge in [-0.15, -0.1) is 0 Å². The van der Waals surface area contributed by atoms with Crippen LogP contribution in [-0.2, 0) is 6.18 Å². The first-order valence-electron chi connectivity index (χ1n) is 13.3. The number of H-pyrrole nitrogens is 1. The van der Waals surface area contributed by atoms with E-state index in [1.807, 2.05) is 19.1 Å². The molecular formula is C33H26F3N3O4. The molecule has 1 aromatic heterocycles. The van der Waals surface area contributed by atoms with E-state index in [0.717, 1.165) is 11.6 Å². The van der Waals surface area contributed by atoms with E-state index in [1.54, 1.807) is 67.6 Å². The highest BCUT2D eigenvalue weighted by molar-refractivity contribution is 6.10. The lowest BCUT2D eigenvalue weighted by Crippen LogP contribution is -2.19. The molecule has 43 heavy (non-hydrogen) atoms. The van der Waals surface area contributed by atoms with Gasteiger partial charge in [-0.2, -0.15) is 18.3 Å². The van der Waals surface area contributed by atoms with Crippen LogP contribution in [0.2, 0.25) is 0 Å². The second-order valence-electron chi connectivity index (χ2n) is 9.56. The maximum absolute atomic E-state index is 13.8. The molecule has 2 N–H and O–H groups in total. The Bertz CT molecular complexity index is 1810. The zero-order chi connectivity index (χ0) is 30.6. The maximum Gasteiger partial charge on any atom is 0.418 e. The first-order valence-corrected chi connectivity index (χ1v) is 13.3. The zero-order valence-electron chi connectivity index (χ0n) is 23.2. The molecule has 0 aliphatic rings. The monoisotopic (exact) mass is 585 g/mol. The molecule has 0 bridgehead atoms. The van der Waals surface area contributed by atoms with Gasteiger partial charge in [-0.05, 0) is 61.4 Å². The number of carbonyl (C=O) groups is 2. The minimum absolute atomic E-state index is 0.0663. The third-order valence-corrected chi connectivity index (χ3v) is 6.57. The molecule has 7 nitrogen and oxygen atoms in total. The summed E-state index contributed by atoms with van der Waals surface area (Å²) in [5.41, 5.74) is 4.05. The van der Waals surface area contributed by atoms with Gasteiger partial charge in [0.2, 0.25) is 0 Å². The average molecular weight is 586 g/mol. The molecule has 0 unspecified atom stereocenters. The maximum atomic E-state index is 13.8. The number of hydrogen-bond acceptors (Lipinski definition) is 5. The number of aryl methyl sites for hydroxylation is 1. The quantitative estimate of drug-likeness (QED) is 0.0852. The molecule has 0 saturated carbocycles. The summed E-state index contributed by atoms with van der Waals surface area (Å²) in [6.07, 6.45) is -3.28. The standard InChI is InChI=1S/C33H26F3N3O4/c1-3-42-27-18-21(14-17-26(27)43-32(41)23-15-12-20(2)13-16-23)19-37-39-31(40)30-28(22-8-5-4-6-9-22)24-10-7-11-25(29(24)38-30)33(34,35)36/h4-19,38H,3H2,1-2H3,(H,39,40). The van der Waals surface area contributed by atoms with Crippen molar-refractivity contribution < 1.29 is 32.2 Å². The van der Waals surface area contributed by atoms with Crippen LogP contribution in [0.25, 0.3) is 22.0 Å². The Balaban J connectivity index is 1.40. The van der Waals surface area contributed by atoms with Crippen LogP contribution in [0.15, 0.2) is 96.1 Å². The zero-order valence-corrected chi connectivity index (χ0v) is 23.2. The third-order valence-electron chi connectivity index (χ3n) is 6.57. The van der Waals surface area contributed by atoms with Crippen LogP contribution in [0.5, 0.6) is 11.5 Å². The van der Waals surface area contributed by atoms with E-state index in [9.17, 15) is 22.8 Å². The molecule has 5 rings (SSSR count). The number of halogens is 3. The molecule has 0 fully saturated rings. The summed E-state index contributed by atoms with van der Waals surface area (Å²) in [4.78, 5) is 28.5. The molecule has 218 valence electrons. The summed E-state index contributed by atoms with van der Waals surface area (Å²) in [5.74, 6) is -0.775. The van der Waals surface area contributed by atoms with Crippen molar-refractivity contribution in [3.05, 3.63) is 119 Å². The Morgan fingerprint density at radius 1 is 0.930 bits per heavy atom. The average Bonchev–Trinajstić information content (AvgIpc) is 3.38. The van der Waals surface area contributed by atoms with Crippen molar-refractivity contribution in [1.82, 2.24) is 10.4 Å². The van der Waals surface area contributed by atoms with E-state index in [-0.39, 0.29) is 22.3 Å². The molecule has 0 atom stereocenters. The number of hydrazone groups is 1. The highest BCUT2D eigenvalue weighted by atomic mass is 19.4. The number of fused-ring (bicyclic) bond motifs is 1. The smallest absolute Gasteiger partial charge is 0.418 e. The van der Waals surface area contributed by atoms with E-state index in [4.69, 9.17) is 9.47 Å². The van der Waals surface area contributed by atoms with Crippen molar-refractivity contribution >= 4 is 29.0 Å². The Morgan fingerprint density at radius 3 is 2.37 bits per heavy atom. The number of alkyl halides is 3. The molecule has 5 aromatic rings. The summed E-state index contributed by atoms with van der Waals surface area (Å²) < 4.78 is 52.5. The second-order valence-corrected chi connectivity index (χ2v) is 9.56. The van der Waals surface area contributed by atoms with Crippen molar-refractivity contribution in [1.29, 1.82) is 0 Å². The Morgan fingerprint density at radius 2 is 1.67 bits per heavy atom. The fourth-order valence-corrected chi connectivity index (χ4v) is 4.56. The lowest BCUT2D eigenvalue weighted by molar-refractivity contribution is -0.136. The molecule has 4 aromatic carbocycles. The minimum atomic E-state index is -4.62. The molecule has 1 heterocycles. The number of benzene rings is 4. The molecule has 0 aliphatic heterocycles. The number of aromatic amines is 1. The van der Waals surface area contributed by atoms with Gasteiger partial charge in [-0.3, -0.25) is 4.79 Å². The van der Waals surface area contributed by atoms with Crippen molar-refractivity contribution in [3.8, 4) is 22.6 Å². The molecule has 0 spiro atoms. The molecule has 1 amide bonds. The highest BCUT2D eigenvalue weighted by Crippen LogP contribution is 2.39. The number of ether oxygens (including phenoxy) is 2. The predicted molar refractivity (Wildman–Crippen MR) is 158 cm³/mol. The molecule has 0 saturated heterocycles. The van der Waals surface area contributed by atoms with Gasteiger partial charge >= 0.3 is 12.1 Å². The van der Waals surface area contributed by atoms with Gasteiger partial charge in [-0.25, -0.2) is 10.2 Å². The normalized spacial score (nSPS) is 11.6. The number of nitrogens with one attached hydrogen (secondary N) is 2. The summed E-state index contributed by atoms with van der Waals surface area (Å²) in [7, 11) is 0. The van der Waals surface area contributed by atoms with E-state index >= 15 is 0 Å². The highest BCUT2D eigenvalue weighted by Gasteiger charge is 2.34. The van der Waals surface area contributed by atoms with Gasteiger partial charge < -0.3 is 14.5 Å². The number of para-hydroxylation sites is 1. The Kier molecular flexibility index (Phi) is 8.29. The SMILES string of the molecule is CCOc1cc(C=NNC(=O)c2[nH]c3c(C(F)(F)F)cccc3c2-c2ccccc2)ccc1OC(=O)c1ccc(C)cc1. The first kappa shape index (κ1) is 29.1. The van der Waals surface area contributed by atoms with Gasteiger partial charge in [0.1, 0.15) is 5.69 Å². The summed E-state index contributed by atoms with van der Waals surface area (Å²) in [6.45, 7) is 3.99. The molecule has 0 radical (unpaired) electrons. The van der Waals surface area contributed by atoms with Gasteiger partial charge in [0.25, 0.3) is 5.91 Å². The topological polar surface area (TPSA) is 92.8 Å². The molecule has 10 heteroatoms. The minimum Gasteiger partial charge on any atom is -0.490 e. The van der Waals surface area contributed by atoms with Crippen LogP contribution in [0.1, 0.15) is 44.5 Å². The number of rotatable bonds is 8. The van der Waals surface area contributed by atoms with Gasteiger partial charge in [-0.1, -0.05) is 60.2 Å². The predicted octanol–water partition coefficient (Wildman–Crippen LogP) is 7.54. The Labute approximate surface area is 245 Å². The summed E-state index contributed by atoms with van der Waals surface area (Å²) >= 11 is 0. The molecular weight excluding hydrogens is 559 g/mol. The number of esters is 1. The van der Waals surface area contributed by atoms with Gasteiger partial charge in [0, 0.05) is 10.9 Å². The number of carbonyl (C=O) groups excluding carboxylic acids is 2. The number of aromatic nitrogens is 1. The molecule has 0 aliphatic carbocycles. The number of hydrogen-bond donors (Lipinski definition) is 2. The van der Waals surface area contributed by atoms with Crippen molar-refractivity contribution in [2.75, 3.05) is 6.61 Å². The second kappa shape index (κ2) is 12.2. The first-order chi connectivity index (χ1) is 20.7. The van der Waals surface area contributed by atoms with E-state index in [1.165, 1.54) is 18.3 Å². The van der Waals surface area contributed by atoms with Crippen LogP contribution >= 0.6 is 0 Å². The number of amides is 1. The van der Waals surface area contributed by atoms with Crippen LogP contribution in [0.3, 0.4) is 0 Å². The summed E-state index contributed by atoms with van der Waals surface area (Å²) in [5, 5.41) is 4.27. The lowest BCUT2D eigenvalue weighted by atomic mass is 10.0. The van der Waals surface area contributed by atoms with Crippen molar-refractivity contribution in [2.24, 2.45) is 5.10 Å². The van der Waals surface area contributed by atoms with E-state index in [0.29, 0.717) is 34.6 Å². The lowest BCUT2D eigenvalue weighted by Gasteiger charge is -2.11. The van der Waals surface area contributed by atoms with Gasteiger partial charge in [0.15, 0.2) is 11.5 Å². The van der Waals surface area contributed by atoms with Gasteiger partial charge in [0.05, 0.1) is 29.5 Å². The van der Waals surface area contributed by atoms with Crippen molar-refractivity contribution in [2.45, 2.75) is 20.0 Å². The summed E-state index contributed by atoms with van der Waals surface area (Å²) in [6, 6.07) is 24.2. The number of nitrogens with zero attached hydrogens (tertiary/aromatic N) is 1. The fourth-order valence-electron chi connectivity index (χ4n) is 4.56. The van der Waals surface area contributed by atoms with Crippen molar-refractivity contribution in [3.63, 3.8) is 0 Å². The van der Waals surface area contributed by atoms with E-state index in [2.05, 4.69) is 15.5 Å². The van der Waals surface area contributed by atoms with E-state index < -0.39 is 23.6 Å². The van der Waals surface area contributed by atoms with Crippen LogP contribution in [-0.4, -0.2) is 29.7 Å².